The predicted octanol–water partition coefficient (Wildman–Crippen LogP) is 1.96. The third-order valence-electron chi connectivity index (χ3n) is 5.06. The molecule has 3 aliphatic heterocycles. The average molecular weight is 336 g/mol. The number of amides is 2. The Balaban J connectivity index is 0.00000156. The van der Waals surface area contributed by atoms with Gasteiger partial charge in [0, 0.05) is 42.8 Å². The summed E-state index contributed by atoms with van der Waals surface area (Å²) in [5.74, 6) is 0.176. The van der Waals surface area contributed by atoms with Crippen LogP contribution in [0.25, 0.3) is 0 Å². The first kappa shape index (κ1) is 16.3. The van der Waals surface area contributed by atoms with E-state index >= 15 is 0 Å². The van der Waals surface area contributed by atoms with Crippen LogP contribution in [0.5, 0.6) is 0 Å². The maximum atomic E-state index is 12.8. The Labute approximate surface area is 142 Å². The standard InChI is InChI=1S/C17H21N3O2.ClH/c21-16-6-2-11-9-12(1-5-15(11)19-16)17(22)20-8-7-13-3-4-14(10-20)18-13;/h1,5,9,13-14,18H,2-4,6-8,10H2,(H,19,21);1H. The van der Waals surface area contributed by atoms with Crippen molar-refractivity contribution >= 4 is 29.9 Å². The number of halogens is 1. The van der Waals surface area contributed by atoms with Gasteiger partial charge in [-0.3, -0.25) is 9.59 Å². The molecule has 3 aliphatic rings. The van der Waals surface area contributed by atoms with Crippen molar-refractivity contribution in [3.8, 4) is 0 Å². The zero-order chi connectivity index (χ0) is 15.1. The van der Waals surface area contributed by atoms with Gasteiger partial charge in [-0.25, -0.2) is 0 Å². The summed E-state index contributed by atoms with van der Waals surface area (Å²) < 4.78 is 0. The van der Waals surface area contributed by atoms with Crippen LogP contribution in [-0.4, -0.2) is 41.9 Å². The Morgan fingerprint density at radius 3 is 2.83 bits per heavy atom. The Kier molecular flexibility index (Phi) is 4.60. The van der Waals surface area contributed by atoms with Crippen molar-refractivity contribution in [2.75, 3.05) is 18.4 Å². The Morgan fingerprint density at radius 1 is 1.13 bits per heavy atom. The number of fused-ring (bicyclic) bond motifs is 3. The minimum Gasteiger partial charge on any atom is -0.337 e. The molecule has 1 aromatic rings. The van der Waals surface area contributed by atoms with Crippen molar-refractivity contribution in [3.63, 3.8) is 0 Å². The number of carbonyl (C=O) groups is 2. The van der Waals surface area contributed by atoms with Gasteiger partial charge in [-0.2, -0.15) is 0 Å². The molecule has 5 nitrogen and oxygen atoms in total. The van der Waals surface area contributed by atoms with E-state index in [1.807, 2.05) is 23.1 Å². The van der Waals surface area contributed by atoms with Crippen molar-refractivity contribution in [2.45, 2.75) is 44.2 Å². The highest BCUT2D eigenvalue weighted by Gasteiger charge is 2.31. The molecule has 2 atom stereocenters. The van der Waals surface area contributed by atoms with Crippen LogP contribution in [0.3, 0.4) is 0 Å². The van der Waals surface area contributed by atoms with E-state index < -0.39 is 0 Å². The lowest BCUT2D eigenvalue weighted by molar-refractivity contribution is -0.116. The smallest absolute Gasteiger partial charge is 0.253 e. The van der Waals surface area contributed by atoms with E-state index in [0.29, 0.717) is 24.9 Å². The van der Waals surface area contributed by atoms with Gasteiger partial charge in [-0.05, 0) is 49.4 Å². The van der Waals surface area contributed by atoms with Crippen LogP contribution in [0, 0.1) is 0 Å². The first-order valence-corrected chi connectivity index (χ1v) is 8.17. The molecular weight excluding hydrogens is 314 g/mol. The molecule has 23 heavy (non-hydrogen) atoms. The second-order valence-electron chi connectivity index (χ2n) is 6.60. The summed E-state index contributed by atoms with van der Waals surface area (Å²) in [5.41, 5.74) is 2.66. The van der Waals surface area contributed by atoms with Crippen LogP contribution in [0.4, 0.5) is 5.69 Å². The molecule has 4 rings (SSSR count). The maximum Gasteiger partial charge on any atom is 0.253 e. The molecule has 3 heterocycles. The monoisotopic (exact) mass is 335 g/mol. The van der Waals surface area contributed by atoms with Crippen molar-refractivity contribution < 1.29 is 9.59 Å². The van der Waals surface area contributed by atoms with Gasteiger partial charge < -0.3 is 15.5 Å². The summed E-state index contributed by atoms with van der Waals surface area (Å²) >= 11 is 0. The number of hydrogen-bond acceptors (Lipinski definition) is 3. The van der Waals surface area contributed by atoms with E-state index in [1.165, 1.54) is 12.8 Å². The van der Waals surface area contributed by atoms with Gasteiger partial charge in [-0.15, -0.1) is 12.4 Å². The number of rotatable bonds is 1. The zero-order valence-electron chi connectivity index (χ0n) is 13.0. The average Bonchev–Trinajstić information content (AvgIpc) is 2.85. The number of benzene rings is 1. The number of nitrogens with one attached hydrogen (secondary N) is 2. The molecule has 0 radical (unpaired) electrons. The number of nitrogens with zero attached hydrogens (tertiary/aromatic N) is 1. The van der Waals surface area contributed by atoms with Crippen molar-refractivity contribution in [1.82, 2.24) is 10.2 Å². The minimum absolute atomic E-state index is 0. The van der Waals surface area contributed by atoms with E-state index in [2.05, 4.69) is 10.6 Å². The van der Waals surface area contributed by atoms with Gasteiger partial charge in [-0.1, -0.05) is 0 Å². The van der Waals surface area contributed by atoms with Crippen LogP contribution in [0.1, 0.15) is 41.6 Å². The molecule has 2 unspecified atom stereocenters. The molecule has 2 saturated heterocycles. The van der Waals surface area contributed by atoms with Crippen molar-refractivity contribution in [2.24, 2.45) is 0 Å². The quantitative estimate of drug-likeness (QED) is 0.824. The Bertz CT molecular complexity index is 634. The molecule has 0 aromatic heterocycles. The highest BCUT2D eigenvalue weighted by atomic mass is 35.5. The van der Waals surface area contributed by atoms with Crippen molar-refractivity contribution in [1.29, 1.82) is 0 Å². The van der Waals surface area contributed by atoms with Crippen LogP contribution in [0.2, 0.25) is 0 Å². The molecule has 2 bridgehead atoms. The van der Waals surface area contributed by atoms with Gasteiger partial charge >= 0.3 is 0 Å². The molecule has 6 heteroatoms. The second-order valence-corrected chi connectivity index (χ2v) is 6.60. The number of hydrogen-bond donors (Lipinski definition) is 2. The van der Waals surface area contributed by atoms with Gasteiger partial charge in [0.1, 0.15) is 0 Å². The fraction of sp³-hybridized carbons (Fsp3) is 0.529. The van der Waals surface area contributed by atoms with Gasteiger partial charge in [0.15, 0.2) is 0 Å². The van der Waals surface area contributed by atoms with E-state index in [9.17, 15) is 9.59 Å². The Hall–Kier alpha value is -1.59. The predicted molar refractivity (Wildman–Crippen MR) is 91.1 cm³/mol. The summed E-state index contributed by atoms with van der Waals surface area (Å²) in [4.78, 5) is 26.2. The molecule has 0 aliphatic carbocycles. The maximum absolute atomic E-state index is 12.8. The van der Waals surface area contributed by atoms with Crippen LogP contribution in [-0.2, 0) is 11.2 Å². The third kappa shape index (κ3) is 3.21. The highest BCUT2D eigenvalue weighted by molar-refractivity contribution is 5.98. The number of aryl methyl sites for hydroxylation is 1. The molecule has 1 aromatic carbocycles. The fourth-order valence-corrected chi connectivity index (χ4v) is 3.83. The molecule has 2 amide bonds. The van der Waals surface area contributed by atoms with Gasteiger partial charge in [0.25, 0.3) is 5.91 Å². The SMILES string of the molecule is Cl.O=C1CCc2cc(C(=O)N3CCC4CCC(C3)N4)ccc2N1. The summed E-state index contributed by atoms with van der Waals surface area (Å²) in [6.07, 6.45) is 4.68. The molecule has 0 saturated carbocycles. The number of likely N-dealkylation sites (tertiary alicyclic amines) is 1. The lowest BCUT2D eigenvalue weighted by Crippen LogP contribution is -2.39. The highest BCUT2D eigenvalue weighted by Crippen LogP contribution is 2.26. The van der Waals surface area contributed by atoms with Crippen LogP contribution >= 0.6 is 12.4 Å². The number of carbonyl (C=O) groups excluding carboxylic acids is 2. The largest absolute Gasteiger partial charge is 0.337 e. The van der Waals surface area contributed by atoms with E-state index in [4.69, 9.17) is 0 Å². The fourth-order valence-electron chi connectivity index (χ4n) is 3.83. The van der Waals surface area contributed by atoms with Gasteiger partial charge in [0.2, 0.25) is 5.91 Å². The first-order chi connectivity index (χ1) is 10.7. The van der Waals surface area contributed by atoms with E-state index in [0.717, 1.165) is 36.3 Å². The van der Waals surface area contributed by atoms with Crippen LogP contribution < -0.4 is 10.6 Å². The molecular formula is C17H22ClN3O2. The van der Waals surface area contributed by atoms with E-state index in [-0.39, 0.29) is 24.2 Å². The summed E-state index contributed by atoms with van der Waals surface area (Å²) in [6.45, 7) is 1.64. The third-order valence-corrected chi connectivity index (χ3v) is 5.06. The summed E-state index contributed by atoms with van der Waals surface area (Å²) in [6, 6.07) is 6.69. The summed E-state index contributed by atoms with van der Waals surface area (Å²) in [7, 11) is 0. The Morgan fingerprint density at radius 2 is 1.96 bits per heavy atom. The first-order valence-electron chi connectivity index (χ1n) is 8.17. The lowest BCUT2D eigenvalue weighted by atomic mass is 9.99. The molecule has 0 spiro atoms. The normalized spacial score (nSPS) is 25.9. The van der Waals surface area contributed by atoms with Gasteiger partial charge in [0.05, 0.1) is 0 Å². The molecule has 124 valence electrons. The molecule has 2 fully saturated rings. The summed E-state index contributed by atoms with van der Waals surface area (Å²) in [5, 5.41) is 6.47. The topological polar surface area (TPSA) is 61.4 Å². The minimum atomic E-state index is 0. The molecule has 2 N–H and O–H groups in total. The number of anilines is 1. The zero-order valence-corrected chi connectivity index (χ0v) is 13.8. The van der Waals surface area contributed by atoms with Crippen molar-refractivity contribution in [3.05, 3.63) is 29.3 Å². The van der Waals surface area contributed by atoms with E-state index in [1.54, 1.807) is 0 Å². The van der Waals surface area contributed by atoms with Crippen LogP contribution in [0.15, 0.2) is 18.2 Å². The lowest BCUT2D eigenvalue weighted by Gasteiger charge is -2.25. The second kappa shape index (κ2) is 6.49.